The normalized spacial score (nSPS) is 15.3. The van der Waals surface area contributed by atoms with Gasteiger partial charge in [0, 0.05) is 17.6 Å². The number of carbonyl (C=O) groups excluding carboxylic acids is 2. The Morgan fingerprint density at radius 2 is 1.88 bits per heavy atom. The van der Waals surface area contributed by atoms with E-state index >= 15 is 0 Å². The van der Waals surface area contributed by atoms with Crippen LogP contribution < -0.4 is 0 Å². The van der Waals surface area contributed by atoms with Crippen molar-refractivity contribution in [2.75, 3.05) is 7.11 Å². The molecule has 0 heterocycles. The molecule has 0 saturated carbocycles. The molecular formula is C13H11FO3. The third-order valence-electron chi connectivity index (χ3n) is 2.75. The van der Waals surface area contributed by atoms with Crippen molar-refractivity contribution in [1.29, 1.82) is 0 Å². The molecule has 3 nitrogen and oxygen atoms in total. The first kappa shape index (κ1) is 11.5. The number of Topliss-reactive ketones (excluding diaryl/α,β-unsaturated/α-hetero) is 1. The van der Waals surface area contributed by atoms with Gasteiger partial charge in [0.05, 0.1) is 7.11 Å². The number of ether oxygens (including phenoxy) is 1. The molecule has 1 aliphatic carbocycles. The zero-order valence-electron chi connectivity index (χ0n) is 9.33. The van der Waals surface area contributed by atoms with Crippen LogP contribution in [0, 0.1) is 5.82 Å². The summed E-state index contributed by atoms with van der Waals surface area (Å²) in [6, 6.07) is 5.53. The van der Waals surface area contributed by atoms with Gasteiger partial charge in [0.25, 0.3) is 0 Å². The van der Waals surface area contributed by atoms with Gasteiger partial charge in [-0.15, -0.1) is 0 Å². The smallest absolute Gasteiger partial charge is 0.334 e. The minimum absolute atomic E-state index is 0.1000. The summed E-state index contributed by atoms with van der Waals surface area (Å²) in [7, 11) is 1.28. The first-order valence-corrected chi connectivity index (χ1v) is 5.24. The highest BCUT2D eigenvalue weighted by Gasteiger charge is 2.29. The van der Waals surface area contributed by atoms with Crippen LogP contribution in [0.4, 0.5) is 4.39 Å². The Bertz CT molecular complexity index is 500. The highest BCUT2D eigenvalue weighted by molar-refractivity contribution is 6.28. The van der Waals surface area contributed by atoms with Gasteiger partial charge < -0.3 is 4.74 Å². The fourth-order valence-corrected chi connectivity index (χ4v) is 1.94. The van der Waals surface area contributed by atoms with Gasteiger partial charge in [-0.2, -0.15) is 0 Å². The predicted molar refractivity (Wildman–Crippen MR) is 59.6 cm³/mol. The zero-order chi connectivity index (χ0) is 12.4. The average molecular weight is 234 g/mol. The molecule has 0 spiro atoms. The Hall–Kier alpha value is -1.97. The highest BCUT2D eigenvalue weighted by Crippen LogP contribution is 2.31. The molecule has 0 fully saturated rings. The molecule has 0 saturated heterocycles. The van der Waals surface area contributed by atoms with E-state index in [1.165, 1.54) is 31.4 Å². The van der Waals surface area contributed by atoms with Crippen LogP contribution in [-0.2, 0) is 14.3 Å². The molecule has 0 atom stereocenters. The van der Waals surface area contributed by atoms with Crippen molar-refractivity contribution in [3.63, 3.8) is 0 Å². The Morgan fingerprint density at radius 3 is 2.47 bits per heavy atom. The van der Waals surface area contributed by atoms with E-state index in [0.29, 0.717) is 29.6 Å². The Balaban J connectivity index is 2.49. The summed E-state index contributed by atoms with van der Waals surface area (Å²) < 4.78 is 17.4. The lowest BCUT2D eigenvalue weighted by molar-refractivity contribution is -0.136. The summed E-state index contributed by atoms with van der Waals surface area (Å²) in [6.07, 6.45) is 0.690. The number of hydrogen-bond donors (Lipinski definition) is 0. The summed E-state index contributed by atoms with van der Waals surface area (Å²) >= 11 is 0. The van der Waals surface area contributed by atoms with Crippen molar-refractivity contribution < 1.29 is 18.7 Å². The first-order chi connectivity index (χ1) is 8.13. The molecule has 0 aromatic heterocycles. The van der Waals surface area contributed by atoms with Gasteiger partial charge in [-0.1, -0.05) is 12.1 Å². The number of halogens is 1. The van der Waals surface area contributed by atoms with E-state index in [-0.39, 0.29) is 11.6 Å². The van der Waals surface area contributed by atoms with Gasteiger partial charge in [-0.25, -0.2) is 9.18 Å². The van der Waals surface area contributed by atoms with E-state index in [0.717, 1.165) is 0 Å². The van der Waals surface area contributed by atoms with Gasteiger partial charge in [-0.3, -0.25) is 4.79 Å². The van der Waals surface area contributed by atoms with Crippen LogP contribution in [0.3, 0.4) is 0 Å². The van der Waals surface area contributed by atoms with Gasteiger partial charge in [0.15, 0.2) is 5.78 Å². The molecule has 88 valence electrons. The molecule has 4 heteroatoms. The second-order valence-corrected chi connectivity index (χ2v) is 3.78. The molecule has 0 amide bonds. The van der Waals surface area contributed by atoms with E-state index in [2.05, 4.69) is 4.74 Å². The summed E-state index contributed by atoms with van der Waals surface area (Å²) in [6.45, 7) is 0. The molecule has 0 unspecified atom stereocenters. The van der Waals surface area contributed by atoms with E-state index in [4.69, 9.17) is 0 Å². The molecule has 0 radical (unpaired) electrons. The van der Waals surface area contributed by atoms with Crippen LogP contribution in [0.5, 0.6) is 0 Å². The Morgan fingerprint density at radius 1 is 1.24 bits per heavy atom. The minimum atomic E-state index is -0.491. The van der Waals surface area contributed by atoms with Crippen molar-refractivity contribution in [2.24, 2.45) is 0 Å². The summed E-state index contributed by atoms with van der Waals surface area (Å²) in [5.74, 6) is -0.966. The fourth-order valence-electron chi connectivity index (χ4n) is 1.94. The van der Waals surface area contributed by atoms with Crippen LogP contribution in [-0.4, -0.2) is 18.9 Å². The van der Waals surface area contributed by atoms with Gasteiger partial charge >= 0.3 is 5.97 Å². The van der Waals surface area contributed by atoms with Crippen LogP contribution in [0.2, 0.25) is 0 Å². The molecule has 1 aromatic rings. The second kappa shape index (κ2) is 4.49. The van der Waals surface area contributed by atoms with Crippen LogP contribution in [0.15, 0.2) is 29.8 Å². The highest BCUT2D eigenvalue weighted by atomic mass is 19.1. The number of benzene rings is 1. The maximum atomic E-state index is 12.8. The van der Waals surface area contributed by atoms with E-state index in [1.807, 2.05) is 0 Å². The van der Waals surface area contributed by atoms with Crippen molar-refractivity contribution in [3.05, 3.63) is 41.2 Å². The molecule has 1 aromatic carbocycles. The molecule has 0 aliphatic heterocycles. The lowest BCUT2D eigenvalue weighted by Crippen LogP contribution is -2.05. The topological polar surface area (TPSA) is 43.4 Å². The van der Waals surface area contributed by atoms with Gasteiger partial charge in [0.1, 0.15) is 5.82 Å². The number of hydrogen-bond acceptors (Lipinski definition) is 3. The van der Waals surface area contributed by atoms with Gasteiger partial charge in [0.2, 0.25) is 0 Å². The maximum absolute atomic E-state index is 12.8. The summed E-state index contributed by atoms with van der Waals surface area (Å²) in [5, 5.41) is 0. The number of carbonyl (C=O) groups is 2. The van der Waals surface area contributed by atoms with Crippen molar-refractivity contribution in [1.82, 2.24) is 0 Å². The minimum Gasteiger partial charge on any atom is -0.466 e. The number of rotatable bonds is 2. The quantitative estimate of drug-likeness (QED) is 0.736. The second-order valence-electron chi connectivity index (χ2n) is 3.78. The van der Waals surface area contributed by atoms with E-state index < -0.39 is 5.97 Å². The first-order valence-electron chi connectivity index (χ1n) is 5.24. The monoisotopic (exact) mass is 234 g/mol. The average Bonchev–Trinajstić information content (AvgIpc) is 2.71. The fraction of sp³-hybridized carbons (Fsp3) is 0.231. The Kier molecular flexibility index (Phi) is 3.04. The largest absolute Gasteiger partial charge is 0.466 e. The number of ketones is 1. The van der Waals surface area contributed by atoms with Crippen molar-refractivity contribution in [2.45, 2.75) is 12.8 Å². The number of allylic oxidation sites excluding steroid dienone is 1. The van der Waals surface area contributed by atoms with E-state index in [1.54, 1.807) is 0 Å². The number of methoxy groups -OCH3 is 1. The number of esters is 1. The molecule has 2 rings (SSSR count). The standard InChI is InChI=1S/C13H11FO3/c1-17-13(16)10-6-7-11(15)12(10)8-2-4-9(14)5-3-8/h2-5H,6-7H2,1H3. The molecule has 0 N–H and O–H groups in total. The lowest BCUT2D eigenvalue weighted by Gasteiger charge is -2.04. The molecular weight excluding hydrogens is 223 g/mol. The van der Waals surface area contributed by atoms with Crippen LogP contribution >= 0.6 is 0 Å². The van der Waals surface area contributed by atoms with Gasteiger partial charge in [-0.05, 0) is 24.1 Å². The van der Waals surface area contributed by atoms with Crippen LogP contribution in [0.1, 0.15) is 18.4 Å². The molecule has 17 heavy (non-hydrogen) atoms. The van der Waals surface area contributed by atoms with Crippen molar-refractivity contribution >= 4 is 17.3 Å². The predicted octanol–water partition coefficient (Wildman–Crippen LogP) is 2.12. The Labute approximate surface area is 97.9 Å². The zero-order valence-corrected chi connectivity index (χ0v) is 9.33. The third-order valence-corrected chi connectivity index (χ3v) is 2.75. The van der Waals surface area contributed by atoms with E-state index in [9.17, 15) is 14.0 Å². The SMILES string of the molecule is COC(=O)C1=C(c2ccc(F)cc2)C(=O)CC1. The molecule has 1 aliphatic rings. The van der Waals surface area contributed by atoms with Crippen molar-refractivity contribution in [3.8, 4) is 0 Å². The maximum Gasteiger partial charge on any atom is 0.334 e. The molecule has 0 bridgehead atoms. The third kappa shape index (κ3) is 2.11. The lowest BCUT2D eigenvalue weighted by atomic mass is 10.0. The summed E-state index contributed by atoms with van der Waals surface area (Å²) in [5.41, 5.74) is 1.30. The van der Waals surface area contributed by atoms with Crippen LogP contribution in [0.25, 0.3) is 5.57 Å². The summed E-state index contributed by atoms with van der Waals surface area (Å²) in [4.78, 5) is 23.2.